The summed E-state index contributed by atoms with van der Waals surface area (Å²) >= 11 is 0. The molecule has 0 aromatic carbocycles. The number of carboxylic acids is 1. The van der Waals surface area contributed by atoms with E-state index in [0.717, 1.165) is 0 Å². The highest BCUT2D eigenvalue weighted by molar-refractivity contribution is 5.94. The van der Waals surface area contributed by atoms with Gasteiger partial charge in [0.05, 0.1) is 12.9 Å². The van der Waals surface area contributed by atoms with Gasteiger partial charge in [-0.1, -0.05) is 0 Å². The number of aliphatic carboxylic acids is 1. The quantitative estimate of drug-likeness (QED) is 0.0931. The number of aliphatic hydroxyl groups is 1. The zero-order valence-electron chi connectivity index (χ0n) is 19.7. The first kappa shape index (κ1) is 30.0. The van der Waals surface area contributed by atoms with Crippen molar-refractivity contribution >= 4 is 23.7 Å². The number of aliphatic hydroxyl groups excluding tert-OH is 1. The van der Waals surface area contributed by atoms with Crippen molar-refractivity contribution in [3.8, 4) is 0 Å². The third-order valence-electron chi connectivity index (χ3n) is 5.29. The van der Waals surface area contributed by atoms with Crippen LogP contribution in [0, 0.1) is 0 Å². The Morgan fingerprint density at radius 2 is 1.43 bits per heavy atom. The number of nitrogens with two attached hydrogens (primary N) is 3. The summed E-state index contributed by atoms with van der Waals surface area (Å²) < 4.78 is 0. The molecule has 14 heteroatoms. The molecule has 1 heterocycles. The van der Waals surface area contributed by atoms with Crippen molar-refractivity contribution in [2.45, 2.75) is 69.1 Å². The van der Waals surface area contributed by atoms with Crippen molar-refractivity contribution in [3.05, 3.63) is 18.2 Å². The van der Waals surface area contributed by atoms with E-state index in [4.69, 9.17) is 22.3 Å². The van der Waals surface area contributed by atoms with Gasteiger partial charge in [0.15, 0.2) is 0 Å². The molecule has 0 spiro atoms. The summed E-state index contributed by atoms with van der Waals surface area (Å²) in [6.07, 6.45) is 5.53. The number of hydrogen-bond acceptors (Lipinski definition) is 9. The standard InChI is InChI=1S/C21H38N8O6/c22-7-3-1-5-15(27-18(31)14(24)11-30)19(32)29-17(9-13-10-25-12-26-13)20(33)28-16(21(34)35)6-2-4-8-23/h10,12,14-17,30H,1-9,11,22-24H2,(H,25,26)(H,27,31)(H,28,33)(H,29,32)(H,34,35). The number of rotatable bonds is 18. The predicted molar refractivity (Wildman–Crippen MR) is 127 cm³/mol. The predicted octanol–water partition coefficient (Wildman–Crippen LogP) is -2.93. The minimum absolute atomic E-state index is 0.00628. The number of hydrogen-bond donors (Lipinski definition) is 9. The number of unbranched alkanes of at least 4 members (excludes halogenated alkanes) is 2. The van der Waals surface area contributed by atoms with E-state index in [1.165, 1.54) is 12.5 Å². The van der Waals surface area contributed by atoms with Crippen LogP contribution in [0.4, 0.5) is 0 Å². The van der Waals surface area contributed by atoms with Crippen molar-refractivity contribution < 1.29 is 29.4 Å². The highest BCUT2D eigenvalue weighted by Crippen LogP contribution is 2.07. The number of aromatic nitrogens is 2. The maximum atomic E-state index is 13.1. The topological polar surface area (TPSA) is 252 Å². The molecule has 12 N–H and O–H groups in total. The molecule has 0 bridgehead atoms. The summed E-state index contributed by atoms with van der Waals surface area (Å²) in [7, 11) is 0. The van der Waals surface area contributed by atoms with Gasteiger partial charge in [0, 0.05) is 18.3 Å². The fourth-order valence-corrected chi connectivity index (χ4v) is 3.24. The zero-order chi connectivity index (χ0) is 26.2. The van der Waals surface area contributed by atoms with Crippen LogP contribution in [0.5, 0.6) is 0 Å². The van der Waals surface area contributed by atoms with Gasteiger partial charge in [-0.3, -0.25) is 14.4 Å². The van der Waals surface area contributed by atoms with Gasteiger partial charge in [-0.25, -0.2) is 9.78 Å². The van der Waals surface area contributed by atoms with Gasteiger partial charge in [0.1, 0.15) is 24.2 Å². The van der Waals surface area contributed by atoms with E-state index in [9.17, 15) is 24.3 Å². The molecule has 3 amide bonds. The summed E-state index contributed by atoms with van der Waals surface area (Å²) in [5, 5.41) is 26.2. The largest absolute Gasteiger partial charge is 0.480 e. The molecule has 198 valence electrons. The van der Waals surface area contributed by atoms with E-state index in [-0.39, 0.29) is 19.3 Å². The fraction of sp³-hybridized carbons (Fsp3) is 0.667. The highest BCUT2D eigenvalue weighted by Gasteiger charge is 2.30. The van der Waals surface area contributed by atoms with E-state index >= 15 is 0 Å². The van der Waals surface area contributed by atoms with Crippen molar-refractivity contribution in [2.75, 3.05) is 19.7 Å². The number of amides is 3. The Morgan fingerprint density at radius 3 is 1.94 bits per heavy atom. The van der Waals surface area contributed by atoms with Crippen LogP contribution in [-0.2, 0) is 25.6 Å². The molecule has 1 aromatic heterocycles. The maximum absolute atomic E-state index is 13.1. The Kier molecular flexibility index (Phi) is 14.2. The molecule has 1 aromatic rings. The number of nitrogens with one attached hydrogen (secondary N) is 4. The van der Waals surface area contributed by atoms with E-state index in [0.29, 0.717) is 44.5 Å². The van der Waals surface area contributed by atoms with Gasteiger partial charge >= 0.3 is 5.97 Å². The van der Waals surface area contributed by atoms with Crippen LogP contribution in [0.25, 0.3) is 0 Å². The monoisotopic (exact) mass is 498 g/mol. The minimum atomic E-state index is -1.21. The van der Waals surface area contributed by atoms with Crippen LogP contribution in [-0.4, -0.2) is 87.7 Å². The lowest BCUT2D eigenvalue weighted by atomic mass is 10.0. The van der Waals surface area contributed by atoms with Crippen LogP contribution < -0.4 is 33.2 Å². The Bertz CT molecular complexity index is 791. The van der Waals surface area contributed by atoms with E-state index in [1.54, 1.807) is 0 Å². The third kappa shape index (κ3) is 11.3. The highest BCUT2D eigenvalue weighted by atomic mass is 16.4. The maximum Gasteiger partial charge on any atom is 0.326 e. The minimum Gasteiger partial charge on any atom is -0.480 e. The van der Waals surface area contributed by atoms with Crippen LogP contribution in [0.15, 0.2) is 12.5 Å². The van der Waals surface area contributed by atoms with Gasteiger partial charge in [-0.15, -0.1) is 0 Å². The van der Waals surface area contributed by atoms with E-state index < -0.39 is 54.5 Å². The number of carbonyl (C=O) groups excluding carboxylic acids is 3. The molecule has 0 saturated heterocycles. The number of aromatic amines is 1. The smallest absolute Gasteiger partial charge is 0.326 e. The van der Waals surface area contributed by atoms with Crippen molar-refractivity contribution in [3.63, 3.8) is 0 Å². The average molecular weight is 499 g/mol. The van der Waals surface area contributed by atoms with Gasteiger partial charge in [-0.2, -0.15) is 0 Å². The number of carbonyl (C=O) groups is 4. The molecule has 0 aliphatic heterocycles. The van der Waals surface area contributed by atoms with Crippen molar-refractivity contribution in [1.82, 2.24) is 25.9 Å². The molecule has 0 saturated carbocycles. The van der Waals surface area contributed by atoms with Crippen LogP contribution in [0.2, 0.25) is 0 Å². The lowest BCUT2D eigenvalue weighted by Crippen LogP contribution is -2.58. The lowest BCUT2D eigenvalue weighted by Gasteiger charge is -2.25. The molecule has 0 fully saturated rings. The first-order chi connectivity index (χ1) is 16.7. The average Bonchev–Trinajstić information content (AvgIpc) is 3.34. The Balaban J connectivity index is 3.01. The second kappa shape index (κ2) is 16.5. The molecule has 0 aliphatic carbocycles. The molecule has 4 atom stereocenters. The van der Waals surface area contributed by atoms with Crippen LogP contribution >= 0.6 is 0 Å². The molecule has 1 rings (SSSR count). The van der Waals surface area contributed by atoms with E-state index in [1.807, 2.05) is 0 Å². The molecule has 0 radical (unpaired) electrons. The van der Waals surface area contributed by atoms with E-state index in [2.05, 4.69) is 25.9 Å². The van der Waals surface area contributed by atoms with Crippen LogP contribution in [0.1, 0.15) is 44.2 Å². The zero-order valence-corrected chi connectivity index (χ0v) is 19.7. The summed E-state index contributed by atoms with van der Waals surface area (Å²) in [5.74, 6) is -3.28. The number of imidazole rings is 1. The van der Waals surface area contributed by atoms with Gasteiger partial charge in [0.2, 0.25) is 17.7 Å². The summed E-state index contributed by atoms with van der Waals surface area (Å²) in [6.45, 7) is 0.189. The van der Waals surface area contributed by atoms with Gasteiger partial charge in [0.25, 0.3) is 0 Å². The fourth-order valence-electron chi connectivity index (χ4n) is 3.24. The SMILES string of the molecule is NCCCCC(NC(=O)C(Cc1cnc[nH]1)NC(=O)C(CCCCN)NC(=O)C(N)CO)C(=O)O. The molecule has 14 nitrogen and oxygen atoms in total. The Hall–Kier alpha value is -3.07. The molecule has 4 unspecified atom stereocenters. The van der Waals surface area contributed by atoms with Gasteiger partial charge in [-0.05, 0) is 51.6 Å². The number of H-pyrrole nitrogens is 1. The molecule has 0 aliphatic rings. The Labute approximate surface area is 203 Å². The first-order valence-electron chi connectivity index (χ1n) is 11.6. The number of nitrogens with zero attached hydrogens (tertiary/aromatic N) is 1. The normalized spacial score (nSPS) is 14.4. The second-order valence-corrected chi connectivity index (χ2v) is 8.16. The summed E-state index contributed by atoms with van der Waals surface area (Å²) in [4.78, 5) is 56.6. The lowest BCUT2D eigenvalue weighted by molar-refractivity contribution is -0.142. The summed E-state index contributed by atoms with van der Waals surface area (Å²) in [5.41, 5.74) is 17.0. The molecular formula is C21H38N8O6. The third-order valence-corrected chi connectivity index (χ3v) is 5.29. The Morgan fingerprint density at radius 1 is 0.886 bits per heavy atom. The first-order valence-corrected chi connectivity index (χ1v) is 11.6. The van der Waals surface area contributed by atoms with Crippen LogP contribution in [0.3, 0.4) is 0 Å². The second-order valence-electron chi connectivity index (χ2n) is 8.16. The number of carboxylic acid groups (broad SMARTS) is 1. The molecular weight excluding hydrogens is 460 g/mol. The molecule has 35 heavy (non-hydrogen) atoms. The van der Waals surface area contributed by atoms with Gasteiger partial charge < -0.3 is 48.3 Å². The summed E-state index contributed by atoms with van der Waals surface area (Å²) in [6, 6.07) is -4.56. The van der Waals surface area contributed by atoms with Crippen molar-refractivity contribution in [2.24, 2.45) is 17.2 Å². The van der Waals surface area contributed by atoms with Crippen molar-refractivity contribution in [1.29, 1.82) is 0 Å².